The first kappa shape index (κ1) is 19.3. The summed E-state index contributed by atoms with van der Waals surface area (Å²) in [7, 11) is 3.65. The number of rotatable bonds is 9. The minimum atomic E-state index is -0.414. The number of nitro groups is 1. The van der Waals surface area contributed by atoms with Crippen molar-refractivity contribution in [2.45, 2.75) is 13.0 Å². The number of nitro benzene ring substituents is 1. The Bertz CT molecular complexity index is 715. The molecule has 25 heavy (non-hydrogen) atoms. The van der Waals surface area contributed by atoms with E-state index in [4.69, 9.17) is 10.5 Å². The topological polar surface area (TPSA) is 102 Å². The number of benzene rings is 1. The number of methoxy groups -OCH3 is 1. The highest BCUT2D eigenvalue weighted by Gasteiger charge is 2.19. The summed E-state index contributed by atoms with van der Waals surface area (Å²) in [6.45, 7) is 2.06. The minimum absolute atomic E-state index is 0.0311. The van der Waals surface area contributed by atoms with Crippen molar-refractivity contribution in [3.8, 4) is 10.4 Å². The first-order chi connectivity index (χ1) is 12.0. The monoisotopic (exact) mass is 365 g/mol. The van der Waals surface area contributed by atoms with Crippen LogP contribution in [0.2, 0.25) is 0 Å². The van der Waals surface area contributed by atoms with Gasteiger partial charge in [-0.1, -0.05) is 0 Å². The fraction of sp³-hybridized carbons (Fsp3) is 0.412. The van der Waals surface area contributed by atoms with E-state index in [9.17, 15) is 15.2 Å². The van der Waals surface area contributed by atoms with Gasteiger partial charge < -0.3 is 15.6 Å². The Hall–Kier alpha value is -2.00. The Morgan fingerprint density at radius 2 is 2.04 bits per heavy atom. The fourth-order valence-corrected chi connectivity index (χ4v) is 3.76. The predicted octanol–water partition coefficient (Wildman–Crippen LogP) is 2.52. The van der Waals surface area contributed by atoms with E-state index in [0.29, 0.717) is 25.3 Å². The van der Waals surface area contributed by atoms with Crippen LogP contribution in [0.5, 0.6) is 0 Å². The molecule has 136 valence electrons. The lowest BCUT2D eigenvalue weighted by molar-refractivity contribution is -0.384. The maximum Gasteiger partial charge on any atom is 0.269 e. The summed E-state index contributed by atoms with van der Waals surface area (Å²) in [4.78, 5) is 14.5. The average Bonchev–Trinajstić information content (AvgIpc) is 2.90. The third-order valence-electron chi connectivity index (χ3n) is 3.91. The normalized spacial score (nSPS) is 11.2. The van der Waals surface area contributed by atoms with Gasteiger partial charge in [-0.25, -0.2) is 0 Å². The van der Waals surface area contributed by atoms with Crippen molar-refractivity contribution in [3.05, 3.63) is 44.8 Å². The molecule has 0 atom stereocenters. The van der Waals surface area contributed by atoms with Crippen LogP contribution in [0.25, 0.3) is 10.4 Å². The van der Waals surface area contributed by atoms with Gasteiger partial charge in [-0.3, -0.25) is 15.0 Å². The van der Waals surface area contributed by atoms with Crippen molar-refractivity contribution < 1.29 is 14.8 Å². The largest absolute Gasteiger partial charge is 0.398 e. The van der Waals surface area contributed by atoms with E-state index in [1.165, 1.54) is 23.5 Å². The molecule has 2 aromatic rings. The third-order valence-corrected chi connectivity index (χ3v) is 5.27. The van der Waals surface area contributed by atoms with Crippen LogP contribution < -0.4 is 5.73 Å². The number of ether oxygens (including phenoxy) is 1. The van der Waals surface area contributed by atoms with Gasteiger partial charge in [0, 0.05) is 60.7 Å². The van der Waals surface area contributed by atoms with Crippen LogP contribution in [0, 0.1) is 10.1 Å². The smallest absolute Gasteiger partial charge is 0.269 e. The Morgan fingerprint density at radius 3 is 2.60 bits per heavy atom. The van der Waals surface area contributed by atoms with E-state index in [1.807, 2.05) is 7.05 Å². The first-order valence-electron chi connectivity index (χ1n) is 7.91. The molecule has 0 amide bonds. The van der Waals surface area contributed by atoms with Gasteiger partial charge in [-0.05, 0) is 24.7 Å². The Morgan fingerprint density at radius 1 is 1.36 bits per heavy atom. The molecule has 0 aliphatic heterocycles. The lowest BCUT2D eigenvalue weighted by Crippen LogP contribution is -2.22. The molecular formula is C17H23N3O4S. The van der Waals surface area contributed by atoms with Crippen LogP contribution in [0.1, 0.15) is 10.4 Å². The number of hydrogen-bond donors (Lipinski definition) is 2. The molecule has 0 saturated carbocycles. The van der Waals surface area contributed by atoms with Crippen molar-refractivity contribution in [1.82, 2.24) is 4.90 Å². The number of aliphatic hydroxyl groups is 1. The number of thiophene rings is 1. The highest BCUT2D eigenvalue weighted by atomic mass is 32.1. The molecule has 0 aliphatic carbocycles. The number of nitrogen functional groups attached to an aromatic ring is 1. The first-order valence-corrected chi connectivity index (χ1v) is 8.72. The Balaban J connectivity index is 2.37. The summed E-state index contributed by atoms with van der Waals surface area (Å²) in [6, 6.07) is 6.47. The molecule has 3 N–H and O–H groups in total. The number of likely N-dealkylation sites (N-methyl/N-ethyl adjacent to an activating group) is 1. The van der Waals surface area contributed by atoms with E-state index in [2.05, 4.69) is 4.90 Å². The molecule has 0 fully saturated rings. The Kier molecular flexibility index (Phi) is 6.89. The van der Waals surface area contributed by atoms with Gasteiger partial charge in [0.25, 0.3) is 5.69 Å². The van der Waals surface area contributed by atoms with Gasteiger partial charge in [-0.15, -0.1) is 11.3 Å². The zero-order valence-electron chi connectivity index (χ0n) is 14.4. The molecule has 2 rings (SSSR count). The van der Waals surface area contributed by atoms with Crippen LogP contribution in [0.4, 0.5) is 11.4 Å². The van der Waals surface area contributed by atoms with E-state index in [1.54, 1.807) is 19.2 Å². The second-order valence-corrected chi connectivity index (χ2v) is 6.86. The molecule has 1 aromatic carbocycles. The zero-order chi connectivity index (χ0) is 18.4. The fourth-order valence-electron chi connectivity index (χ4n) is 2.54. The zero-order valence-corrected chi connectivity index (χ0v) is 15.2. The number of nitrogens with two attached hydrogens (primary N) is 1. The second-order valence-electron chi connectivity index (χ2n) is 5.75. The lowest BCUT2D eigenvalue weighted by Gasteiger charge is -2.17. The lowest BCUT2D eigenvalue weighted by atomic mass is 10.1. The average molecular weight is 365 g/mol. The van der Waals surface area contributed by atoms with Gasteiger partial charge >= 0.3 is 0 Å². The van der Waals surface area contributed by atoms with Gasteiger partial charge in [0.05, 0.1) is 17.2 Å². The summed E-state index contributed by atoms with van der Waals surface area (Å²) in [5.74, 6) is 0. The number of nitrogens with zero attached hydrogens (tertiary/aromatic N) is 2. The summed E-state index contributed by atoms with van der Waals surface area (Å²) in [5, 5.41) is 20.1. The van der Waals surface area contributed by atoms with Crippen molar-refractivity contribution >= 4 is 22.7 Å². The molecule has 0 spiro atoms. The summed E-state index contributed by atoms with van der Waals surface area (Å²) in [6.07, 6.45) is 0.498. The Labute approximate surface area is 150 Å². The van der Waals surface area contributed by atoms with Crippen LogP contribution in [0.3, 0.4) is 0 Å². The molecule has 0 saturated heterocycles. The van der Waals surface area contributed by atoms with Gasteiger partial charge in [0.2, 0.25) is 0 Å². The van der Waals surface area contributed by atoms with E-state index in [-0.39, 0.29) is 12.3 Å². The van der Waals surface area contributed by atoms with Crippen molar-refractivity contribution in [3.63, 3.8) is 0 Å². The van der Waals surface area contributed by atoms with E-state index in [0.717, 1.165) is 27.4 Å². The summed E-state index contributed by atoms with van der Waals surface area (Å²) < 4.78 is 5.11. The summed E-state index contributed by atoms with van der Waals surface area (Å²) in [5.41, 5.74) is 8.94. The molecule has 1 aromatic heterocycles. The molecule has 1 heterocycles. The van der Waals surface area contributed by atoms with Crippen molar-refractivity contribution in [2.24, 2.45) is 0 Å². The van der Waals surface area contributed by atoms with E-state index >= 15 is 0 Å². The number of anilines is 1. The van der Waals surface area contributed by atoms with Gasteiger partial charge in [0.1, 0.15) is 0 Å². The van der Waals surface area contributed by atoms with Crippen molar-refractivity contribution in [2.75, 3.05) is 39.6 Å². The SMILES string of the molecule is COCCN(C)Cc1c(-c2ccc([N+](=O)[O-])cc2)sc(CCO)c1N. The van der Waals surface area contributed by atoms with Gasteiger partial charge in [0.15, 0.2) is 0 Å². The standard InChI is InChI=1S/C17H23N3O4S/c1-19(8-10-24-2)11-14-16(18)15(7-9-21)25-17(14)12-3-5-13(6-4-12)20(22)23/h3-6,21H,7-11,18H2,1-2H3. The molecule has 0 unspecified atom stereocenters. The van der Waals surface area contributed by atoms with Crippen LogP contribution >= 0.6 is 11.3 Å². The van der Waals surface area contributed by atoms with Crippen molar-refractivity contribution in [1.29, 1.82) is 0 Å². The molecular weight excluding hydrogens is 342 g/mol. The number of aliphatic hydroxyl groups excluding tert-OH is 1. The van der Waals surface area contributed by atoms with Crippen LogP contribution in [0.15, 0.2) is 24.3 Å². The number of hydrogen-bond acceptors (Lipinski definition) is 7. The van der Waals surface area contributed by atoms with Crippen LogP contribution in [-0.4, -0.2) is 48.8 Å². The molecule has 7 nitrogen and oxygen atoms in total. The van der Waals surface area contributed by atoms with E-state index < -0.39 is 4.92 Å². The van der Waals surface area contributed by atoms with Gasteiger partial charge in [-0.2, -0.15) is 0 Å². The molecule has 0 bridgehead atoms. The molecule has 8 heteroatoms. The second kappa shape index (κ2) is 8.91. The quantitative estimate of drug-likeness (QED) is 0.523. The minimum Gasteiger partial charge on any atom is -0.398 e. The predicted molar refractivity (Wildman–Crippen MR) is 99.8 cm³/mol. The summed E-state index contributed by atoms with van der Waals surface area (Å²) >= 11 is 1.53. The molecule has 0 aliphatic rings. The highest BCUT2D eigenvalue weighted by molar-refractivity contribution is 7.16. The highest BCUT2D eigenvalue weighted by Crippen LogP contribution is 2.40. The maximum atomic E-state index is 10.8. The molecule has 0 radical (unpaired) electrons. The van der Waals surface area contributed by atoms with Crippen LogP contribution in [-0.2, 0) is 17.7 Å². The third kappa shape index (κ3) is 4.76. The number of non-ortho nitro benzene ring substituents is 1. The maximum absolute atomic E-state index is 10.8.